The Hall–Kier alpha value is 1.24. The Labute approximate surface area is 170 Å². The summed E-state index contributed by atoms with van der Waals surface area (Å²) in [6, 6.07) is 3.27. The zero-order valence-corrected chi connectivity index (χ0v) is 17.6. The van der Waals surface area contributed by atoms with E-state index in [4.69, 9.17) is 15.6 Å². The molecular formula is C9H8N2O2Y3. The number of nitriles is 2. The molecule has 0 aromatic rings. The van der Waals surface area contributed by atoms with Gasteiger partial charge in [-0.1, -0.05) is 6.08 Å². The minimum Gasteiger partial charge on any atom is -0.478 e. The third-order valence-corrected chi connectivity index (χ3v) is 1.52. The molecule has 0 heterocycles. The maximum absolute atomic E-state index is 10.6. The van der Waals surface area contributed by atoms with Crippen LogP contribution in [0.25, 0.3) is 0 Å². The van der Waals surface area contributed by atoms with Crippen molar-refractivity contribution in [3.63, 3.8) is 0 Å². The molecule has 0 aromatic heterocycles. The summed E-state index contributed by atoms with van der Waals surface area (Å²) in [6.45, 7) is 2.98. The van der Waals surface area contributed by atoms with Crippen LogP contribution in [0, 0.1) is 22.7 Å². The molecule has 0 aliphatic heterocycles. The van der Waals surface area contributed by atoms with Gasteiger partial charge in [-0.15, -0.1) is 0 Å². The zero-order chi connectivity index (χ0) is 10.4. The number of hydrogen-bond donors (Lipinski definition) is 1. The minimum absolute atomic E-state index is 0. The molecule has 1 N–H and O–H groups in total. The van der Waals surface area contributed by atoms with Crippen LogP contribution >= 0.6 is 0 Å². The van der Waals surface area contributed by atoms with E-state index in [0.29, 0.717) is 0 Å². The van der Waals surface area contributed by atoms with E-state index in [2.05, 4.69) is 0 Å². The zero-order valence-electron chi connectivity index (χ0n) is 9.06. The molecule has 0 unspecified atom stereocenters. The van der Waals surface area contributed by atoms with Gasteiger partial charge in [0.05, 0.1) is 5.57 Å². The topological polar surface area (TPSA) is 84.9 Å². The third-order valence-electron chi connectivity index (χ3n) is 1.52. The van der Waals surface area contributed by atoms with Gasteiger partial charge in [0.2, 0.25) is 0 Å². The van der Waals surface area contributed by atoms with Crippen molar-refractivity contribution in [3.05, 3.63) is 22.8 Å². The Morgan fingerprint density at radius 2 is 1.56 bits per heavy atom. The molecule has 0 aliphatic rings. The molecule has 75 valence electrons. The summed E-state index contributed by atoms with van der Waals surface area (Å²) in [7, 11) is 0. The first-order valence-corrected chi connectivity index (χ1v) is 3.49. The Kier molecular flexibility index (Phi) is 23.2. The molecule has 0 aliphatic carbocycles. The normalized spacial score (nSPS) is 7.88. The van der Waals surface area contributed by atoms with Crippen molar-refractivity contribution in [2.24, 2.45) is 0 Å². The van der Waals surface area contributed by atoms with E-state index < -0.39 is 5.97 Å². The van der Waals surface area contributed by atoms with E-state index >= 15 is 0 Å². The molecule has 7 heteroatoms. The van der Waals surface area contributed by atoms with E-state index in [0.717, 1.165) is 0 Å². The SMILES string of the molecule is CC=C(C(=O)O)C(C)=C(C#N)C#N.[Y].[Y].[Y]. The van der Waals surface area contributed by atoms with E-state index in [1.165, 1.54) is 13.0 Å². The molecule has 0 bridgehead atoms. The maximum atomic E-state index is 10.6. The summed E-state index contributed by atoms with van der Waals surface area (Å²) >= 11 is 0. The Balaban J connectivity index is -0.000000240. The van der Waals surface area contributed by atoms with Crippen LogP contribution in [-0.4, -0.2) is 11.1 Å². The summed E-state index contributed by atoms with van der Waals surface area (Å²) < 4.78 is 0. The third kappa shape index (κ3) is 8.35. The molecule has 16 heavy (non-hydrogen) atoms. The van der Waals surface area contributed by atoms with Gasteiger partial charge in [-0.2, -0.15) is 10.5 Å². The van der Waals surface area contributed by atoms with Crippen molar-refractivity contribution in [1.82, 2.24) is 0 Å². The summed E-state index contributed by atoms with van der Waals surface area (Å²) in [6.07, 6.45) is 1.35. The van der Waals surface area contributed by atoms with Crippen LogP contribution < -0.4 is 0 Å². The van der Waals surface area contributed by atoms with Crippen LogP contribution in [0.1, 0.15) is 13.8 Å². The molecule has 0 aromatic carbocycles. The predicted octanol–water partition coefficient (Wildman–Crippen LogP) is 1.37. The van der Waals surface area contributed by atoms with Crippen LogP contribution in [0.15, 0.2) is 22.8 Å². The average Bonchev–Trinajstić information content (AvgIpc) is 2.07. The molecule has 0 atom stereocenters. The second-order valence-electron chi connectivity index (χ2n) is 2.23. The fraction of sp³-hybridized carbons (Fsp3) is 0.222. The monoisotopic (exact) mass is 443 g/mol. The van der Waals surface area contributed by atoms with Crippen molar-refractivity contribution < 1.29 is 108 Å². The van der Waals surface area contributed by atoms with Crippen LogP contribution in [0.5, 0.6) is 0 Å². The summed E-state index contributed by atoms with van der Waals surface area (Å²) in [5.74, 6) is -1.14. The quantitative estimate of drug-likeness (QED) is 0.398. The van der Waals surface area contributed by atoms with Gasteiger partial charge in [0.15, 0.2) is 0 Å². The molecule has 0 saturated heterocycles. The van der Waals surface area contributed by atoms with Crippen LogP contribution in [0.3, 0.4) is 0 Å². The van der Waals surface area contributed by atoms with Gasteiger partial charge in [0.1, 0.15) is 17.7 Å². The molecule has 4 nitrogen and oxygen atoms in total. The van der Waals surface area contributed by atoms with E-state index in [-0.39, 0.29) is 115 Å². The summed E-state index contributed by atoms with van der Waals surface area (Å²) in [5, 5.41) is 25.6. The maximum Gasteiger partial charge on any atom is 0.335 e. The molecule has 0 amide bonds. The second-order valence-corrected chi connectivity index (χ2v) is 2.23. The van der Waals surface area contributed by atoms with E-state index in [9.17, 15) is 4.79 Å². The fourth-order valence-electron chi connectivity index (χ4n) is 0.828. The number of aliphatic carboxylic acids is 1. The Morgan fingerprint density at radius 1 is 1.19 bits per heavy atom. The Bertz CT molecular complexity index is 359. The first-order valence-electron chi connectivity index (χ1n) is 3.49. The number of nitrogens with zero attached hydrogens (tertiary/aromatic N) is 2. The first kappa shape index (κ1) is 25.9. The van der Waals surface area contributed by atoms with Gasteiger partial charge in [-0.3, -0.25) is 0 Å². The number of hydrogen-bond acceptors (Lipinski definition) is 3. The van der Waals surface area contributed by atoms with Crippen LogP contribution in [0.2, 0.25) is 0 Å². The molecule has 0 rings (SSSR count). The van der Waals surface area contributed by atoms with Gasteiger partial charge in [-0.05, 0) is 19.4 Å². The molecule has 0 spiro atoms. The van der Waals surface area contributed by atoms with Crippen LogP contribution in [0.4, 0.5) is 0 Å². The Morgan fingerprint density at radius 3 is 1.75 bits per heavy atom. The average molecular weight is 443 g/mol. The molecular weight excluding hydrogens is 435 g/mol. The van der Waals surface area contributed by atoms with E-state index in [1.807, 2.05) is 0 Å². The van der Waals surface area contributed by atoms with Crippen LogP contribution in [-0.2, 0) is 103 Å². The first-order chi connectivity index (χ1) is 6.08. The number of rotatable bonds is 2. The number of carbonyl (C=O) groups is 1. The largest absolute Gasteiger partial charge is 0.478 e. The fourth-order valence-corrected chi connectivity index (χ4v) is 0.828. The summed E-state index contributed by atoms with van der Waals surface area (Å²) in [5.41, 5.74) is 0.00796. The number of carboxylic acids is 1. The van der Waals surface area contributed by atoms with Gasteiger partial charge >= 0.3 is 5.97 Å². The summed E-state index contributed by atoms with van der Waals surface area (Å²) in [4.78, 5) is 10.6. The van der Waals surface area contributed by atoms with Gasteiger partial charge in [0.25, 0.3) is 0 Å². The number of allylic oxidation sites excluding steroid dienone is 2. The molecule has 0 saturated carbocycles. The minimum atomic E-state index is -1.14. The molecule has 3 radical (unpaired) electrons. The van der Waals surface area contributed by atoms with Crippen molar-refractivity contribution in [1.29, 1.82) is 10.5 Å². The van der Waals surface area contributed by atoms with Gasteiger partial charge < -0.3 is 5.11 Å². The van der Waals surface area contributed by atoms with Crippen molar-refractivity contribution in [3.8, 4) is 12.1 Å². The van der Waals surface area contributed by atoms with Crippen molar-refractivity contribution in [2.45, 2.75) is 13.8 Å². The standard InChI is InChI=1S/C9H8N2O2.3Y/c1-3-8(9(12)13)6(2)7(4-10)5-11;;;/h3H,1-2H3,(H,12,13);;;. The number of carboxylic acid groups (broad SMARTS) is 1. The van der Waals surface area contributed by atoms with Crippen molar-refractivity contribution >= 4 is 5.97 Å². The van der Waals surface area contributed by atoms with Gasteiger partial charge in [0, 0.05) is 98.1 Å². The molecule has 0 fully saturated rings. The van der Waals surface area contributed by atoms with Gasteiger partial charge in [-0.25, -0.2) is 4.79 Å². The smallest absolute Gasteiger partial charge is 0.335 e. The van der Waals surface area contributed by atoms with Crippen molar-refractivity contribution in [2.75, 3.05) is 0 Å². The second kappa shape index (κ2) is 14.3. The van der Waals surface area contributed by atoms with E-state index in [1.54, 1.807) is 19.1 Å². The predicted molar refractivity (Wildman–Crippen MR) is 45.3 cm³/mol.